The van der Waals surface area contributed by atoms with E-state index in [4.69, 9.17) is 5.73 Å². The van der Waals surface area contributed by atoms with E-state index in [1.165, 1.54) is 17.2 Å². The van der Waals surface area contributed by atoms with Crippen molar-refractivity contribution in [2.24, 2.45) is 0 Å². The summed E-state index contributed by atoms with van der Waals surface area (Å²) in [7, 11) is 0. The van der Waals surface area contributed by atoms with Crippen LogP contribution in [-0.2, 0) is 6.42 Å². The van der Waals surface area contributed by atoms with E-state index in [2.05, 4.69) is 5.32 Å². The van der Waals surface area contributed by atoms with Gasteiger partial charge in [-0.1, -0.05) is 12.1 Å². The monoisotopic (exact) mass is 256 g/mol. The lowest BCUT2D eigenvalue weighted by Crippen LogP contribution is -2.08. The first-order chi connectivity index (χ1) is 9.13. The predicted molar refractivity (Wildman–Crippen MR) is 76.7 cm³/mol. The molecular weight excluding hydrogens is 239 g/mol. The summed E-state index contributed by atoms with van der Waals surface area (Å²) in [6.45, 7) is 1.97. The van der Waals surface area contributed by atoms with Crippen LogP contribution in [-0.4, -0.2) is 0 Å². The van der Waals surface area contributed by atoms with Crippen molar-refractivity contribution in [1.82, 2.24) is 0 Å². The standard InChI is InChI=1S/C16H17FN2/c1-10-2-6-14(17)16(8-10)19-15-7-3-11-9-12(18)4-5-13(11)15/h2,4-6,8-9,15,19H,3,7,18H2,1H3. The number of benzene rings is 2. The molecular formula is C16H17FN2. The Morgan fingerprint density at radius 3 is 2.89 bits per heavy atom. The van der Waals surface area contributed by atoms with Crippen molar-refractivity contribution in [3.8, 4) is 0 Å². The Morgan fingerprint density at radius 1 is 1.21 bits per heavy atom. The third-order valence-electron chi connectivity index (χ3n) is 3.70. The van der Waals surface area contributed by atoms with Gasteiger partial charge in [-0.15, -0.1) is 0 Å². The minimum absolute atomic E-state index is 0.173. The Labute approximate surface area is 112 Å². The second kappa shape index (κ2) is 4.57. The Hall–Kier alpha value is -2.03. The van der Waals surface area contributed by atoms with E-state index in [0.717, 1.165) is 24.1 Å². The fraction of sp³-hybridized carbons (Fsp3) is 0.250. The van der Waals surface area contributed by atoms with Crippen LogP contribution in [0.1, 0.15) is 29.2 Å². The SMILES string of the molecule is Cc1ccc(F)c(NC2CCc3cc(N)ccc32)c1. The molecule has 0 fully saturated rings. The minimum Gasteiger partial charge on any atom is -0.399 e. The molecule has 0 radical (unpaired) electrons. The topological polar surface area (TPSA) is 38.0 Å². The summed E-state index contributed by atoms with van der Waals surface area (Å²) in [5.41, 5.74) is 10.7. The zero-order valence-electron chi connectivity index (χ0n) is 10.9. The van der Waals surface area contributed by atoms with Crippen LogP contribution in [0.3, 0.4) is 0 Å². The molecule has 0 saturated heterocycles. The van der Waals surface area contributed by atoms with Crippen molar-refractivity contribution in [3.05, 3.63) is 58.9 Å². The second-order valence-corrected chi connectivity index (χ2v) is 5.18. The van der Waals surface area contributed by atoms with Crippen molar-refractivity contribution >= 4 is 11.4 Å². The highest BCUT2D eigenvalue weighted by Crippen LogP contribution is 2.35. The molecule has 0 amide bonds. The minimum atomic E-state index is -0.200. The number of nitrogens with one attached hydrogen (secondary N) is 1. The van der Waals surface area contributed by atoms with Gasteiger partial charge in [0.05, 0.1) is 11.7 Å². The zero-order valence-corrected chi connectivity index (χ0v) is 10.9. The molecule has 0 aromatic heterocycles. The van der Waals surface area contributed by atoms with Gasteiger partial charge in [0, 0.05) is 5.69 Å². The van der Waals surface area contributed by atoms with Gasteiger partial charge >= 0.3 is 0 Å². The maximum atomic E-state index is 13.8. The largest absolute Gasteiger partial charge is 0.399 e. The van der Waals surface area contributed by atoms with E-state index in [-0.39, 0.29) is 11.9 Å². The van der Waals surface area contributed by atoms with Crippen molar-refractivity contribution in [3.63, 3.8) is 0 Å². The van der Waals surface area contributed by atoms with Crippen LogP contribution in [0.4, 0.5) is 15.8 Å². The summed E-state index contributed by atoms with van der Waals surface area (Å²) in [5, 5.41) is 3.31. The molecule has 3 rings (SSSR count). The van der Waals surface area contributed by atoms with Gasteiger partial charge in [-0.2, -0.15) is 0 Å². The molecule has 0 aliphatic heterocycles. The highest BCUT2D eigenvalue weighted by atomic mass is 19.1. The number of anilines is 2. The molecule has 0 bridgehead atoms. The van der Waals surface area contributed by atoms with Gasteiger partial charge in [-0.05, 0) is 60.7 Å². The van der Waals surface area contributed by atoms with Crippen LogP contribution >= 0.6 is 0 Å². The normalized spacial score (nSPS) is 17.3. The zero-order chi connectivity index (χ0) is 13.4. The lowest BCUT2D eigenvalue weighted by molar-refractivity contribution is 0.624. The molecule has 0 spiro atoms. The van der Waals surface area contributed by atoms with Crippen LogP contribution in [0, 0.1) is 12.7 Å². The molecule has 98 valence electrons. The van der Waals surface area contributed by atoms with Crippen molar-refractivity contribution in [2.45, 2.75) is 25.8 Å². The van der Waals surface area contributed by atoms with Crippen molar-refractivity contribution < 1.29 is 4.39 Å². The highest BCUT2D eigenvalue weighted by molar-refractivity contribution is 5.53. The fourth-order valence-corrected chi connectivity index (χ4v) is 2.72. The Balaban J connectivity index is 1.88. The van der Waals surface area contributed by atoms with Gasteiger partial charge in [0.25, 0.3) is 0 Å². The fourth-order valence-electron chi connectivity index (χ4n) is 2.72. The molecule has 2 nitrogen and oxygen atoms in total. The Morgan fingerprint density at radius 2 is 2.05 bits per heavy atom. The summed E-state index contributed by atoms with van der Waals surface area (Å²) >= 11 is 0. The summed E-state index contributed by atoms with van der Waals surface area (Å²) in [4.78, 5) is 0. The van der Waals surface area contributed by atoms with Gasteiger partial charge in [0.15, 0.2) is 0 Å². The predicted octanol–water partition coefficient (Wildman–Crippen LogP) is 3.82. The molecule has 1 aliphatic carbocycles. The number of rotatable bonds is 2. The van der Waals surface area contributed by atoms with E-state index in [1.807, 2.05) is 31.2 Å². The third-order valence-corrected chi connectivity index (χ3v) is 3.70. The summed E-state index contributed by atoms with van der Waals surface area (Å²) in [6.07, 6.45) is 1.97. The van der Waals surface area contributed by atoms with Gasteiger partial charge in [0.2, 0.25) is 0 Å². The molecule has 2 aromatic carbocycles. The number of aryl methyl sites for hydroxylation is 2. The summed E-state index contributed by atoms with van der Waals surface area (Å²) in [6, 6.07) is 11.3. The van der Waals surface area contributed by atoms with E-state index in [9.17, 15) is 4.39 Å². The second-order valence-electron chi connectivity index (χ2n) is 5.18. The summed E-state index contributed by atoms with van der Waals surface area (Å²) in [5.74, 6) is -0.200. The first-order valence-corrected chi connectivity index (χ1v) is 6.54. The Kier molecular flexibility index (Phi) is 2.90. The average molecular weight is 256 g/mol. The summed E-state index contributed by atoms with van der Waals surface area (Å²) < 4.78 is 13.8. The smallest absolute Gasteiger partial charge is 0.146 e. The first-order valence-electron chi connectivity index (χ1n) is 6.54. The van der Waals surface area contributed by atoms with E-state index >= 15 is 0 Å². The first kappa shape index (κ1) is 12.0. The van der Waals surface area contributed by atoms with Crippen LogP contribution < -0.4 is 11.1 Å². The maximum absolute atomic E-state index is 13.8. The van der Waals surface area contributed by atoms with E-state index < -0.39 is 0 Å². The van der Waals surface area contributed by atoms with Gasteiger partial charge in [-0.25, -0.2) is 4.39 Å². The number of halogens is 1. The van der Waals surface area contributed by atoms with Crippen LogP contribution in [0.2, 0.25) is 0 Å². The van der Waals surface area contributed by atoms with Crippen LogP contribution in [0.15, 0.2) is 36.4 Å². The van der Waals surface area contributed by atoms with Crippen molar-refractivity contribution in [2.75, 3.05) is 11.1 Å². The van der Waals surface area contributed by atoms with Gasteiger partial charge in [-0.3, -0.25) is 0 Å². The van der Waals surface area contributed by atoms with Crippen LogP contribution in [0.25, 0.3) is 0 Å². The average Bonchev–Trinajstić information content (AvgIpc) is 2.76. The molecule has 0 saturated carbocycles. The van der Waals surface area contributed by atoms with E-state index in [1.54, 1.807) is 6.07 Å². The lowest BCUT2D eigenvalue weighted by Gasteiger charge is -2.16. The molecule has 3 heteroatoms. The number of fused-ring (bicyclic) bond motifs is 1. The molecule has 19 heavy (non-hydrogen) atoms. The number of hydrogen-bond donors (Lipinski definition) is 2. The van der Waals surface area contributed by atoms with E-state index in [0.29, 0.717) is 5.69 Å². The van der Waals surface area contributed by atoms with Crippen LogP contribution in [0.5, 0.6) is 0 Å². The molecule has 1 aliphatic rings. The van der Waals surface area contributed by atoms with Gasteiger partial charge < -0.3 is 11.1 Å². The Bertz CT molecular complexity index is 622. The molecule has 3 N–H and O–H groups in total. The molecule has 1 atom stereocenters. The third kappa shape index (κ3) is 2.28. The molecule has 1 unspecified atom stereocenters. The van der Waals surface area contributed by atoms with Gasteiger partial charge in [0.1, 0.15) is 5.82 Å². The maximum Gasteiger partial charge on any atom is 0.146 e. The highest BCUT2D eigenvalue weighted by Gasteiger charge is 2.23. The van der Waals surface area contributed by atoms with Crippen molar-refractivity contribution in [1.29, 1.82) is 0 Å². The molecule has 0 heterocycles. The lowest BCUT2D eigenvalue weighted by atomic mass is 10.1. The quantitative estimate of drug-likeness (QED) is 0.802. The number of hydrogen-bond acceptors (Lipinski definition) is 2. The number of nitrogens with two attached hydrogens (primary N) is 1. The molecule has 2 aromatic rings. The number of nitrogen functional groups attached to an aromatic ring is 1.